The first-order valence-electron chi connectivity index (χ1n) is 6.89. The smallest absolute Gasteiger partial charge is 0.234 e. The van der Waals surface area contributed by atoms with E-state index < -0.39 is 0 Å². The van der Waals surface area contributed by atoms with Crippen LogP contribution in [0.4, 0.5) is 16.5 Å². The molecular weight excluding hydrogens is 366 g/mol. The van der Waals surface area contributed by atoms with Crippen LogP contribution in [0.2, 0.25) is 5.15 Å². The molecule has 24 heavy (non-hydrogen) atoms. The highest BCUT2D eigenvalue weighted by Crippen LogP contribution is 2.27. The largest absolute Gasteiger partial charge is 0.330 e. The first-order valence-corrected chi connectivity index (χ1v) is 9.07. The number of hydrogen-bond donors (Lipinski definition) is 2. The molecule has 122 valence electrons. The molecule has 2 aromatic heterocycles. The van der Waals surface area contributed by atoms with Crippen molar-refractivity contribution >= 4 is 57.1 Å². The van der Waals surface area contributed by atoms with Crippen LogP contribution in [0.5, 0.6) is 0 Å². The molecular formula is C15H12ClN5OS2. The fraction of sp³-hybridized carbons (Fsp3) is 0.0667. The van der Waals surface area contributed by atoms with Gasteiger partial charge in [-0.05, 0) is 24.3 Å². The first-order chi connectivity index (χ1) is 11.7. The Morgan fingerprint density at radius 3 is 2.79 bits per heavy atom. The summed E-state index contributed by atoms with van der Waals surface area (Å²) in [5, 5.41) is 14.9. The van der Waals surface area contributed by atoms with E-state index in [1.165, 1.54) is 23.1 Å². The topological polar surface area (TPSA) is 79.8 Å². The zero-order valence-electron chi connectivity index (χ0n) is 12.3. The number of rotatable bonds is 6. The zero-order valence-corrected chi connectivity index (χ0v) is 14.7. The number of thioether (sulfide) groups is 1. The van der Waals surface area contributed by atoms with Gasteiger partial charge in [-0.15, -0.1) is 10.2 Å². The van der Waals surface area contributed by atoms with Gasteiger partial charge in [0.2, 0.25) is 11.0 Å². The van der Waals surface area contributed by atoms with Crippen molar-refractivity contribution in [1.82, 2.24) is 15.2 Å². The van der Waals surface area contributed by atoms with Crippen molar-refractivity contribution < 1.29 is 4.79 Å². The van der Waals surface area contributed by atoms with Crippen LogP contribution < -0.4 is 10.6 Å². The Labute approximate surface area is 151 Å². The maximum Gasteiger partial charge on any atom is 0.234 e. The summed E-state index contributed by atoms with van der Waals surface area (Å²) in [5.41, 5.74) is 1.43. The number of para-hydroxylation sites is 1. The first kappa shape index (κ1) is 16.7. The van der Waals surface area contributed by atoms with E-state index in [0.29, 0.717) is 15.2 Å². The molecule has 0 unspecified atom stereocenters. The lowest BCUT2D eigenvalue weighted by atomic mass is 10.3. The molecule has 0 aliphatic heterocycles. The summed E-state index contributed by atoms with van der Waals surface area (Å²) in [5.74, 6) is 0.0354. The number of carbonyl (C=O) groups is 1. The summed E-state index contributed by atoms with van der Waals surface area (Å²) in [7, 11) is 0. The Morgan fingerprint density at radius 1 is 1.17 bits per heavy atom. The molecule has 0 radical (unpaired) electrons. The number of carbonyl (C=O) groups excluding carboxylic acids is 1. The minimum Gasteiger partial charge on any atom is -0.330 e. The molecule has 0 aliphatic rings. The van der Waals surface area contributed by atoms with Gasteiger partial charge in [0, 0.05) is 11.9 Å². The summed E-state index contributed by atoms with van der Waals surface area (Å²) >= 11 is 8.61. The normalized spacial score (nSPS) is 10.4. The Morgan fingerprint density at radius 2 is 2.00 bits per heavy atom. The molecule has 9 heteroatoms. The third-order valence-electron chi connectivity index (χ3n) is 2.79. The van der Waals surface area contributed by atoms with Gasteiger partial charge in [-0.1, -0.05) is 52.9 Å². The van der Waals surface area contributed by atoms with E-state index in [4.69, 9.17) is 11.6 Å². The highest BCUT2D eigenvalue weighted by molar-refractivity contribution is 8.01. The summed E-state index contributed by atoms with van der Waals surface area (Å²) in [4.78, 5) is 15.9. The number of pyridine rings is 1. The van der Waals surface area contributed by atoms with Gasteiger partial charge in [0.15, 0.2) is 9.49 Å². The van der Waals surface area contributed by atoms with E-state index in [1.54, 1.807) is 18.3 Å². The second-order valence-corrected chi connectivity index (χ2v) is 7.10. The van der Waals surface area contributed by atoms with Crippen molar-refractivity contribution in [2.45, 2.75) is 4.34 Å². The van der Waals surface area contributed by atoms with Gasteiger partial charge in [-0.2, -0.15) is 0 Å². The summed E-state index contributed by atoms with van der Waals surface area (Å²) in [6.07, 6.45) is 1.56. The molecule has 0 saturated heterocycles. The quantitative estimate of drug-likeness (QED) is 0.498. The highest BCUT2D eigenvalue weighted by Gasteiger charge is 2.10. The molecule has 3 aromatic rings. The highest BCUT2D eigenvalue weighted by atomic mass is 35.5. The number of anilines is 3. The second-order valence-electron chi connectivity index (χ2n) is 4.54. The Hall–Kier alpha value is -2.16. The molecule has 1 amide bonds. The summed E-state index contributed by atoms with van der Waals surface area (Å²) in [6, 6.07) is 13.1. The maximum absolute atomic E-state index is 12.0. The summed E-state index contributed by atoms with van der Waals surface area (Å²) < 4.78 is 0.709. The van der Waals surface area contributed by atoms with Crippen molar-refractivity contribution in [2.24, 2.45) is 0 Å². The van der Waals surface area contributed by atoms with Crippen LogP contribution >= 0.6 is 34.7 Å². The number of halogens is 1. The Bertz CT molecular complexity index is 827. The van der Waals surface area contributed by atoms with Crippen LogP contribution in [0.25, 0.3) is 0 Å². The standard InChI is InChI=1S/C15H12ClN5OS2/c16-13-11(7-4-8-17-13)19-12(22)9-23-15-21-20-14(24-15)18-10-5-2-1-3-6-10/h1-8H,9H2,(H,18,20)(H,19,22). The third kappa shape index (κ3) is 4.67. The van der Waals surface area contributed by atoms with Crippen LogP contribution in [0.15, 0.2) is 53.0 Å². The van der Waals surface area contributed by atoms with Crippen LogP contribution in [-0.4, -0.2) is 26.8 Å². The summed E-state index contributed by atoms with van der Waals surface area (Å²) in [6.45, 7) is 0. The second kappa shape index (κ2) is 8.09. The van der Waals surface area contributed by atoms with Gasteiger partial charge in [0.1, 0.15) is 0 Å². The van der Waals surface area contributed by atoms with Crippen LogP contribution in [0.3, 0.4) is 0 Å². The Balaban J connectivity index is 1.52. The number of hydrogen-bond acceptors (Lipinski definition) is 7. The number of benzene rings is 1. The molecule has 6 nitrogen and oxygen atoms in total. The molecule has 0 saturated carbocycles. The minimum atomic E-state index is -0.178. The molecule has 1 aromatic carbocycles. The van der Waals surface area contributed by atoms with Crippen molar-refractivity contribution in [3.8, 4) is 0 Å². The molecule has 0 aliphatic carbocycles. The van der Waals surface area contributed by atoms with Gasteiger partial charge in [0.25, 0.3) is 0 Å². The molecule has 2 N–H and O–H groups in total. The van der Waals surface area contributed by atoms with Gasteiger partial charge in [-0.25, -0.2) is 4.98 Å². The number of nitrogens with one attached hydrogen (secondary N) is 2. The van der Waals surface area contributed by atoms with Crippen molar-refractivity contribution in [3.63, 3.8) is 0 Å². The van der Waals surface area contributed by atoms with Gasteiger partial charge < -0.3 is 10.6 Å². The van der Waals surface area contributed by atoms with E-state index >= 15 is 0 Å². The zero-order chi connectivity index (χ0) is 16.8. The SMILES string of the molecule is O=C(CSc1nnc(Nc2ccccc2)s1)Nc1cccnc1Cl. The van der Waals surface area contributed by atoms with Crippen molar-refractivity contribution in [3.05, 3.63) is 53.8 Å². The lowest BCUT2D eigenvalue weighted by Gasteiger charge is -2.04. The van der Waals surface area contributed by atoms with Crippen LogP contribution in [0, 0.1) is 0 Å². The minimum absolute atomic E-state index is 0.178. The van der Waals surface area contributed by atoms with E-state index in [9.17, 15) is 4.79 Å². The van der Waals surface area contributed by atoms with E-state index in [0.717, 1.165) is 5.69 Å². The average Bonchev–Trinajstić information content (AvgIpc) is 3.03. The van der Waals surface area contributed by atoms with Crippen molar-refractivity contribution in [2.75, 3.05) is 16.4 Å². The van der Waals surface area contributed by atoms with Gasteiger partial charge in [-0.3, -0.25) is 4.79 Å². The average molecular weight is 378 g/mol. The molecule has 2 heterocycles. The van der Waals surface area contributed by atoms with Gasteiger partial charge in [0.05, 0.1) is 11.4 Å². The van der Waals surface area contributed by atoms with Gasteiger partial charge >= 0.3 is 0 Å². The predicted molar refractivity (Wildman–Crippen MR) is 98.2 cm³/mol. The predicted octanol–water partition coefficient (Wildman–Crippen LogP) is 4.06. The number of nitrogens with zero attached hydrogens (tertiary/aromatic N) is 3. The van der Waals surface area contributed by atoms with E-state index in [2.05, 4.69) is 25.8 Å². The van der Waals surface area contributed by atoms with E-state index in [-0.39, 0.29) is 16.8 Å². The molecule has 3 rings (SSSR count). The molecule has 0 spiro atoms. The van der Waals surface area contributed by atoms with Crippen LogP contribution in [0.1, 0.15) is 0 Å². The van der Waals surface area contributed by atoms with Crippen molar-refractivity contribution in [1.29, 1.82) is 0 Å². The Kier molecular flexibility index (Phi) is 5.63. The third-order valence-corrected chi connectivity index (χ3v) is 5.06. The molecule has 0 atom stereocenters. The molecule has 0 fully saturated rings. The number of amides is 1. The fourth-order valence-corrected chi connectivity index (χ4v) is 3.50. The van der Waals surface area contributed by atoms with Crippen LogP contribution in [-0.2, 0) is 4.79 Å². The van der Waals surface area contributed by atoms with E-state index in [1.807, 2.05) is 30.3 Å². The fourth-order valence-electron chi connectivity index (χ4n) is 1.76. The lowest BCUT2D eigenvalue weighted by molar-refractivity contribution is -0.113. The monoisotopic (exact) mass is 377 g/mol. The molecule has 0 bridgehead atoms. The maximum atomic E-state index is 12.0. The lowest BCUT2D eigenvalue weighted by Crippen LogP contribution is -2.14. The number of aromatic nitrogens is 3.